The molecular weight excluding hydrogens is 288 g/mol. The predicted molar refractivity (Wildman–Crippen MR) is 93.1 cm³/mol. The Hall–Kier alpha value is -1.16. The van der Waals surface area contributed by atoms with Crippen LogP contribution in [0.2, 0.25) is 0 Å². The summed E-state index contributed by atoms with van der Waals surface area (Å²) in [6, 6.07) is 10.3. The van der Waals surface area contributed by atoms with Crippen molar-refractivity contribution < 1.29 is 14.2 Å². The Morgan fingerprint density at radius 3 is 2.61 bits per heavy atom. The van der Waals surface area contributed by atoms with Gasteiger partial charge in [-0.15, -0.1) is 6.58 Å². The van der Waals surface area contributed by atoms with E-state index in [1.807, 2.05) is 38.1 Å². The molecule has 23 heavy (non-hydrogen) atoms. The maximum absolute atomic E-state index is 6.18. The summed E-state index contributed by atoms with van der Waals surface area (Å²) in [5.41, 5.74) is 1.12. The zero-order chi connectivity index (χ0) is 16.9. The molecular formula is C20H30O3. The normalized spacial score (nSPS) is 24.3. The van der Waals surface area contributed by atoms with Crippen LogP contribution in [0.15, 0.2) is 43.0 Å². The highest BCUT2D eigenvalue weighted by molar-refractivity contribution is 5.13. The molecule has 0 amide bonds. The van der Waals surface area contributed by atoms with E-state index in [0.717, 1.165) is 12.8 Å². The first kappa shape index (κ1) is 18.2. The fourth-order valence-corrected chi connectivity index (χ4v) is 3.01. The van der Waals surface area contributed by atoms with Crippen LogP contribution in [0.4, 0.5) is 0 Å². The number of ether oxygens (including phenoxy) is 3. The van der Waals surface area contributed by atoms with Crippen LogP contribution >= 0.6 is 0 Å². The second kappa shape index (κ2) is 7.61. The maximum Gasteiger partial charge on any atom is 0.163 e. The van der Waals surface area contributed by atoms with E-state index in [2.05, 4.69) is 32.6 Å². The molecule has 0 radical (unpaired) electrons. The Morgan fingerprint density at radius 1 is 1.26 bits per heavy atom. The van der Waals surface area contributed by atoms with Gasteiger partial charge in [0.15, 0.2) is 5.79 Å². The molecule has 128 valence electrons. The summed E-state index contributed by atoms with van der Waals surface area (Å²) in [6.45, 7) is 13.5. The molecule has 0 aromatic heterocycles. The van der Waals surface area contributed by atoms with Crippen LogP contribution in [0.5, 0.6) is 0 Å². The van der Waals surface area contributed by atoms with E-state index < -0.39 is 5.79 Å². The van der Waals surface area contributed by atoms with Crippen molar-refractivity contribution in [3.05, 3.63) is 48.6 Å². The topological polar surface area (TPSA) is 27.7 Å². The molecule has 1 aromatic carbocycles. The summed E-state index contributed by atoms with van der Waals surface area (Å²) in [5, 5.41) is 0. The lowest BCUT2D eigenvalue weighted by atomic mass is 9.83. The smallest absolute Gasteiger partial charge is 0.163 e. The van der Waals surface area contributed by atoms with Crippen molar-refractivity contribution in [1.29, 1.82) is 0 Å². The molecule has 3 nitrogen and oxygen atoms in total. The van der Waals surface area contributed by atoms with Gasteiger partial charge in [-0.2, -0.15) is 0 Å². The predicted octanol–water partition coefficient (Wildman–Crippen LogP) is 4.72. The molecule has 3 heteroatoms. The van der Waals surface area contributed by atoms with E-state index in [4.69, 9.17) is 14.2 Å². The third-order valence-corrected chi connectivity index (χ3v) is 4.24. The van der Waals surface area contributed by atoms with Gasteiger partial charge in [0.2, 0.25) is 0 Å². The van der Waals surface area contributed by atoms with Gasteiger partial charge in [-0.05, 0) is 25.8 Å². The van der Waals surface area contributed by atoms with Gasteiger partial charge in [0.25, 0.3) is 0 Å². The van der Waals surface area contributed by atoms with Crippen LogP contribution in [-0.4, -0.2) is 24.6 Å². The van der Waals surface area contributed by atoms with Gasteiger partial charge in [0, 0.05) is 11.8 Å². The minimum absolute atomic E-state index is 0.0742. The summed E-state index contributed by atoms with van der Waals surface area (Å²) >= 11 is 0. The summed E-state index contributed by atoms with van der Waals surface area (Å²) in [5.74, 6) is -0.562. The van der Waals surface area contributed by atoms with Gasteiger partial charge in [0.1, 0.15) is 0 Å². The molecule has 1 fully saturated rings. The van der Waals surface area contributed by atoms with Crippen molar-refractivity contribution >= 4 is 0 Å². The van der Waals surface area contributed by atoms with Crippen LogP contribution in [0.3, 0.4) is 0 Å². The summed E-state index contributed by atoms with van der Waals surface area (Å²) < 4.78 is 18.1. The monoisotopic (exact) mass is 318 g/mol. The van der Waals surface area contributed by atoms with E-state index in [1.54, 1.807) is 0 Å². The van der Waals surface area contributed by atoms with E-state index in [0.29, 0.717) is 13.2 Å². The highest BCUT2D eigenvalue weighted by Gasteiger charge is 2.42. The van der Waals surface area contributed by atoms with E-state index in [9.17, 15) is 0 Å². The minimum Gasteiger partial charge on any atom is -0.376 e. The second-order valence-electron chi connectivity index (χ2n) is 7.47. The lowest BCUT2D eigenvalue weighted by Gasteiger charge is -2.46. The molecule has 0 aliphatic carbocycles. The SMILES string of the molecule is C=CC[C@H]1C[C@H](C(C)(C)COCc2ccccc2)OC(C)(C)O1. The maximum atomic E-state index is 6.18. The molecule has 0 saturated carbocycles. The standard InChI is InChI=1S/C20H30O3/c1-6-10-17-13-18(23-20(4,5)22-17)19(2,3)15-21-14-16-11-8-7-9-12-16/h6-9,11-12,17-18H,1,10,13-15H2,2-5H3/t17-,18+/m0/s1. The lowest BCUT2D eigenvalue weighted by molar-refractivity contribution is -0.318. The lowest BCUT2D eigenvalue weighted by Crippen LogP contribution is -2.50. The number of hydrogen-bond donors (Lipinski definition) is 0. The average molecular weight is 318 g/mol. The summed E-state index contributed by atoms with van der Waals surface area (Å²) in [4.78, 5) is 0. The van der Waals surface area contributed by atoms with Gasteiger partial charge in [-0.3, -0.25) is 0 Å². The van der Waals surface area contributed by atoms with Crippen molar-refractivity contribution in [1.82, 2.24) is 0 Å². The van der Waals surface area contributed by atoms with Crippen molar-refractivity contribution in [2.24, 2.45) is 5.41 Å². The molecule has 2 atom stereocenters. The zero-order valence-corrected chi connectivity index (χ0v) is 14.9. The first-order valence-electron chi connectivity index (χ1n) is 8.40. The minimum atomic E-state index is -0.562. The van der Waals surface area contributed by atoms with E-state index >= 15 is 0 Å². The Bertz CT molecular complexity index is 493. The Morgan fingerprint density at radius 2 is 1.96 bits per heavy atom. The van der Waals surface area contributed by atoms with Crippen LogP contribution in [0.25, 0.3) is 0 Å². The molecule has 1 aromatic rings. The van der Waals surface area contributed by atoms with E-state index in [1.165, 1.54) is 5.56 Å². The fourth-order valence-electron chi connectivity index (χ4n) is 3.01. The van der Waals surface area contributed by atoms with Crippen molar-refractivity contribution in [2.75, 3.05) is 6.61 Å². The summed E-state index contributed by atoms with van der Waals surface area (Å²) in [7, 11) is 0. The first-order chi connectivity index (χ1) is 10.8. The molecule has 1 saturated heterocycles. The molecule has 1 aliphatic rings. The Balaban J connectivity index is 1.92. The molecule has 2 rings (SSSR count). The van der Waals surface area contributed by atoms with Gasteiger partial charge in [0.05, 0.1) is 25.4 Å². The van der Waals surface area contributed by atoms with Gasteiger partial charge in [-0.1, -0.05) is 50.3 Å². The van der Waals surface area contributed by atoms with Crippen LogP contribution in [0.1, 0.15) is 46.1 Å². The molecule has 0 spiro atoms. The average Bonchev–Trinajstić information content (AvgIpc) is 2.47. The van der Waals surface area contributed by atoms with Gasteiger partial charge < -0.3 is 14.2 Å². The highest BCUT2D eigenvalue weighted by atomic mass is 16.7. The molecule has 0 N–H and O–H groups in total. The van der Waals surface area contributed by atoms with Crippen molar-refractivity contribution in [3.8, 4) is 0 Å². The van der Waals surface area contributed by atoms with E-state index in [-0.39, 0.29) is 17.6 Å². The third-order valence-electron chi connectivity index (χ3n) is 4.24. The van der Waals surface area contributed by atoms with Crippen molar-refractivity contribution in [2.45, 2.75) is 65.1 Å². The fraction of sp³-hybridized carbons (Fsp3) is 0.600. The van der Waals surface area contributed by atoms with Crippen molar-refractivity contribution in [3.63, 3.8) is 0 Å². The zero-order valence-electron chi connectivity index (χ0n) is 14.9. The van der Waals surface area contributed by atoms with Crippen LogP contribution in [-0.2, 0) is 20.8 Å². The first-order valence-corrected chi connectivity index (χ1v) is 8.40. The van der Waals surface area contributed by atoms with Crippen LogP contribution in [0, 0.1) is 5.41 Å². The quantitative estimate of drug-likeness (QED) is 0.681. The Kier molecular flexibility index (Phi) is 6.01. The number of benzene rings is 1. The second-order valence-corrected chi connectivity index (χ2v) is 7.47. The number of hydrogen-bond acceptors (Lipinski definition) is 3. The van der Waals surface area contributed by atoms with Gasteiger partial charge in [-0.25, -0.2) is 0 Å². The molecule has 1 aliphatic heterocycles. The highest BCUT2D eigenvalue weighted by Crippen LogP contribution is 2.37. The molecule has 0 bridgehead atoms. The third kappa shape index (κ3) is 5.45. The summed E-state index contributed by atoms with van der Waals surface area (Å²) in [6.07, 6.45) is 3.91. The Labute approximate surface area is 140 Å². The van der Waals surface area contributed by atoms with Crippen LogP contribution < -0.4 is 0 Å². The largest absolute Gasteiger partial charge is 0.376 e. The molecule has 0 unspecified atom stereocenters. The molecule has 1 heterocycles. The van der Waals surface area contributed by atoms with Gasteiger partial charge >= 0.3 is 0 Å². The number of rotatable bonds is 7.